The predicted octanol–water partition coefficient (Wildman–Crippen LogP) is 4.39. The van der Waals surface area contributed by atoms with Gasteiger partial charge in [0.05, 0.1) is 18.2 Å². The Morgan fingerprint density at radius 3 is 2.30 bits per heavy atom. The Balaban J connectivity index is 2.33. The standard InChI is InChI=1S/C21H23F3N2O4/c1-13(2)11-25-20(28)26-19(27)15-9-18(30-12-14-7-5-4-6-8-14)17(29-3)10-16(15)21(22,23)24/h4-10,13H,11-12H2,1-3H3,(H2,25,26,27,28). The number of benzene rings is 2. The van der Waals surface area contributed by atoms with Crippen LogP contribution >= 0.6 is 0 Å². The van der Waals surface area contributed by atoms with Gasteiger partial charge in [-0.15, -0.1) is 0 Å². The molecule has 0 fully saturated rings. The number of hydrogen-bond acceptors (Lipinski definition) is 4. The van der Waals surface area contributed by atoms with E-state index in [9.17, 15) is 22.8 Å². The average molecular weight is 424 g/mol. The highest BCUT2D eigenvalue weighted by molar-refractivity contribution is 6.05. The molecule has 0 aliphatic heterocycles. The molecule has 0 aliphatic carbocycles. The number of amides is 3. The Hall–Kier alpha value is -3.23. The number of nitrogens with one attached hydrogen (secondary N) is 2. The smallest absolute Gasteiger partial charge is 0.417 e. The third-order valence-electron chi connectivity index (χ3n) is 3.99. The van der Waals surface area contributed by atoms with E-state index < -0.39 is 29.2 Å². The SMILES string of the molecule is COc1cc(C(F)(F)F)c(C(=O)NC(=O)NCC(C)C)cc1OCc1ccccc1. The van der Waals surface area contributed by atoms with Gasteiger partial charge in [-0.1, -0.05) is 44.2 Å². The summed E-state index contributed by atoms with van der Waals surface area (Å²) in [6.45, 7) is 3.99. The number of ether oxygens (including phenoxy) is 2. The molecule has 2 N–H and O–H groups in total. The normalized spacial score (nSPS) is 11.2. The molecule has 2 aromatic carbocycles. The summed E-state index contributed by atoms with van der Waals surface area (Å²) in [5, 5.41) is 4.33. The Bertz CT molecular complexity index is 884. The zero-order chi connectivity index (χ0) is 22.3. The topological polar surface area (TPSA) is 76.7 Å². The van der Waals surface area contributed by atoms with Crippen LogP contribution in [0.5, 0.6) is 11.5 Å². The second-order valence-electron chi connectivity index (χ2n) is 6.88. The van der Waals surface area contributed by atoms with Crippen molar-refractivity contribution in [3.8, 4) is 11.5 Å². The van der Waals surface area contributed by atoms with Crippen LogP contribution in [0.2, 0.25) is 0 Å². The van der Waals surface area contributed by atoms with Crippen molar-refractivity contribution in [2.24, 2.45) is 5.92 Å². The maximum atomic E-state index is 13.5. The van der Waals surface area contributed by atoms with Gasteiger partial charge in [-0.2, -0.15) is 13.2 Å². The van der Waals surface area contributed by atoms with Crippen LogP contribution < -0.4 is 20.1 Å². The predicted molar refractivity (Wildman–Crippen MR) is 104 cm³/mol. The van der Waals surface area contributed by atoms with Crippen LogP contribution in [-0.4, -0.2) is 25.6 Å². The number of halogens is 3. The first-order valence-corrected chi connectivity index (χ1v) is 9.17. The highest BCUT2D eigenvalue weighted by Gasteiger charge is 2.37. The first kappa shape index (κ1) is 23.1. The van der Waals surface area contributed by atoms with E-state index >= 15 is 0 Å². The molecule has 0 heterocycles. The molecule has 30 heavy (non-hydrogen) atoms. The van der Waals surface area contributed by atoms with Gasteiger partial charge in [0.15, 0.2) is 11.5 Å². The maximum Gasteiger partial charge on any atom is 0.417 e. The minimum atomic E-state index is -4.84. The molecule has 0 bridgehead atoms. The van der Waals surface area contributed by atoms with Crippen molar-refractivity contribution in [3.63, 3.8) is 0 Å². The molecule has 3 amide bonds. The number of rotatable bonds is 7. The van der Waals surface area contributed by atoms with Crippen LogP contribution in [0.25, 0.3) is 0 Å². The molecule has 0 spiro atoms. The summed E-state index contributed by atoms with van der Waals surface area (Å²) in [6.07, 6.45) is -4.84. The van der Waals surface area contributed by atoms with Crippen LogP contribution in [0, 0.1) is 5.92 Å². The number of carbonyl (C=O) groups excluding carboxylic acids is 2. The van der Waals surface area contributed by atoms with Crippen LogP contribution in [0.15, 0.2) is 42.5 Å². The Labute approximate surface area is 172 Å². The second kappa shape index (κ2) is 10.00. The van der Waals surface area contributed by atoms with E-state index in [-0.39, 0.29) is 30.6 Å². The fourth-order valence-electron chi connectivity index (χ4n) is 2.50. The molecule has 2 rings (SSSR count). The van der Waals surface area contributed by atoms with Gasteiger partial charge in [0.1, 0.15) is 6.61 Å². The van der Waals surface area contributed by atoms with Gasteiger partial charge in [-0.25, -0.2) is 4.79 Å². The number of urea groups is 1. The van der Waals surface area contributed by atoms with Crippen molar-refractivity contribution in [1.82, 2.24) is 10.6 Å². The van der Waals surface area contributed by atoms with E-state index in [0.29, 0.717) is 6.07 Å². The summed E-state index contributed by atoms with van der Waals surface area (Å²) >= 11 is 0. The summed E-state index contributed by atoms with van der Waals surface area (Å²) in [6, 6.07) is 9.68. The van der Waals surface area contributed by atoms with Crippen molar-refractivity contribution in [3.05, 3.63) is 59.2 Å². The molecule has 0 aromatic heterocycles. The third-order valence-corrected chi connectivity index (χ3v) is 3.99. The fraction of sp³-hybridized carbons (Fsp3) is 0.333. The van der Waals surface area contributed by atoms with E-state index in [0.717, 1.165) is 11.6 Å². The largest absolute Gasteiger partial charge is 0.493 e. The van der Waals surface area contributed by atoms with Crippen LogP contribution in [0.3, 0.4) is 0 Å². The van der Waals surface area contributed by atoms with Crippen molar-refractivity contribution in [1.29, 1.82) is 0 Å². The highest BCUT2D eigenvalue weighted by Crippen LogP contribution is 2.39. The highest BCUT2D eigenvalue weighted by atomic mass is 19.4. The Kier molecular flexibility index (Phi) is 7.68. The van der Waals surface area contributed by atoms with Gasteiger partial charge in [-0.3, -0.25) is 10.1 Å². The Morgan fingerprint density at radius 2 is 1.73 bits per heavy atom. The molecule has 0 atom stereocenters. The third kappa shape index (κ3) is 6.40. The van der Waals surface area contributed by atoms with Crippen LogP contribution in [0.1, 0.15) is 35.3 Å². The molecular weight excluding hydrogens is 401 g/mol. The molecule has 0 saturated heterocycles. The summed E-state index contributed by atoms with van der Waals surface area (Å²) in [4.78, 5) is 24.3. The number of alkyl halides is 3. The minimum Gasteiger partial charge on any atom is -0.493 e. The van der Waals surface area contributed by atoms with Crippen molar-refractivity contribution in [2.45, 2.75) is 26.6 Å². The first-order valence-electron chi connectivity index (χ1n) is 9.17. The van der Waals surface area contributed by atoms with Crippen molar-refractivity contribution < 1.29 is 32.2 Å². The molecule has 0 radical (unpaired) electrons. The molecule has 162 valence electrons. The average Bonchev–Trinajstić information content (AvgIpc) is 2.70. The summed E-state index contributed by atoms with van der Waals surface area (Å²) in [5.41, 5.74) is -1.20. The van der Waals surface area contributed by atoms with E-state index in [2.05, 4.69) is 5.32 Å². The number of hydrogen-bond donors (Lipinski definition) is 2. The Morgan fingerprint density at radius 1 is 1.07 bits per heavy atom. The van der Waals surface area contributed by atoms with Crippen LogP contribution in [0.4, 0.5) is 18.0 Å². The first-order chi connectivity index (χ1) is 14.1. The number of methoxy groups -OCH3 is 1. The monoisotopic (exact) mass is 424 g/mol. The molecular formula is C21H23F3N2O4. The zero-order valence-corrected chi connectivity index (χ0v) is 16.8. The van der Waals surface area contributed by atoms with E-state index in [1.54, 1.807) is 24.3 Å². The van der Waals surface area contributed by atoms with Gasteiger partial charge in [-0.05, 0) is 23.6 Å². The van der Waals surface area contributed by atoms with Crippen molar-refractivity contribution in [2.75, 3.05) is 13.7 Å². The molecule has 0 unspecified atom stereocenters. The lowest BCUT2D eigenvalue weighted by Crippen LogP contribution is -2.41. The van der Waals surface area contributed by atoms with Gasteiger partial charge < -0.3 is 14.8 Å². The summed E-state index contributed by atoms with van der Waals surface area (Å²) < 4.78 is 51.2. The molecule has 0 saturated carbocycles. The van der Waals surface area contributed by atoms with Crippen LogP contribution in [-0.2, 0) is 12.8 Å². The van der Waals surface area contributed by atoms with Gasteiger partial charge in [0.25, 0.3) is 5.91 Å². The van der Waals surface area contributed by atoms with E-state index in [1.807, 2.05) is 25.2 Å². The van der Waals surface area contributed by atoms with Gasteiger partial charge in [0, 0.05) is 6.54 Å². The molecule has 0 aliphatic rings. The molecule has 9 heteroatoms. The lowest BCUT2D eigenvalue weighted by molar-refractivity contribution is -0.138. The maximum absolute atomic E-state index is 13.5. The quantitative estimate of drug-likeness (QED) is 0.691. The molecule has 6 nitrogen and oxygen atoms in total. The number of imide groups is 1. The van der Waals surface area contributed by atoms with E-state index in [1.165, 1.54) is 7.11 Å². The summed E-state index contributed by atoms with van der Waals surface area (Å²) in [5.74, 6) is -1.33. The second-order valence-corrected chi connectivity index (χ2v) is 6.88. The lowest BCUT2D eigenvalue weighted by atomic mass is 10.0. The fourth-order valence-corrected chi connectivity index (χ4v) is 2.50. The molecule has 2 aromatic rings. The van der Waals surface area contributed by atoms with Crippen molar-refractivity contribution >= 4 is 11.9 Å². The zero-order valence-electron chi connectivity index (χ0n) is 16.8. The van der Waals surface area contributed by atoms with Gasteiger partial charge >= 0.3 is 12.2 Å². The summed E-state index contributed by atoms with van der Waals surface area (Å²) in [7, 11) is 1.20. The lowest BCUT2D eigenvalue weighted by Gasteiger charge is -2.18. The van der Waals surface area contributed by atoms with E-state index in [4.69, 9.17) is 9.47 Å². The minimum absolute atomic E-state index is 0.0536. The van der Waals surface area contributed by atoms with Gasteiger partial charge in [0.2, 0.25) is 0 Å². The number of carbonyl (C=O) groups is 2.